The van der Waals surface area contributed by atoms with Crippen molar-refractivity contribution in [1.29, 1.82) is 0 Å². The Kier molecular flexibility index (Phi) is 3.11. The van der Waals surface area contributed by atoms with E-state index in [0.717, 1.165) is 13.1 Å². The average molecular weight is 243 g/mol. The van der Waals surface area contributed by atoms with E-state index in [-0.39, 0.29) is 0 Å². The highest BCUT2D eigenvalue weighted by molar-refractivity contribution is 8.00. The van der Waals surface area contributed by atoms with Gasteiger partial charge in [-0.1, -0.05) is 13.8 Å². The summed E-state index contributed by atoms with van der Waals surface area (Å²) >= 11 is 3.56. The van der Waals surface area contributed by atoms with E-state index in [4.69, 9.17) is 5.73 Å². The molecule has 5 heteroatoms. The van der Waals surface area contributed by atoms with Gasteiger partial charge in [0, 0.05) is 29.7 Å². The summed E-state index contributed by atoms with van der Waals surface area (Å²) in [5, 5.41) is 1.21. The lowest BCUT2D eigenvalue weighted by atomic mass is 10.1. The van der Waals surface area contributed by atoms with Crippen LogP contribution in [0.25, 0.3) is 0 Å². The molecule has 0 atom stereocenters. The molecule has 1 saturated heterocycles. The first-order valence-electron chi connectivity index (χ1n) is 5.18. The van der Waals surface area contributed by atoms with E-state index in [0.29, 0.717) is 10.6 Å². The molecule has 0 saturated carbocycles. The Hall–Kier alpha value is -0.420. The topological polar surface area (TPSA) is 42.1 Å². The van der Waals surface area contributed by atoms with Gasteiger partial charge in [-0.25, -0.2) is 0 Å². The van der Waals surface area contributed by atoms with Crippen LogP contribution < -0.4 is 10.6 Å². The maximum Gasteiger partial charge on any atom is 0.139 e. The zero-order chi connectivity index (χ0) is 10.9. The minimum atomic E-state index is 0.408. The summed E-state index contributed by atoms with van der Waals surface area (Å²) < 4.78 is 4.54. The number of hydrogen-bond donors (Lipinski definition) is 1. The van der Waals surface area contributed by atoms with Gasteiger partial charge in [-0.15, -0.1) is 0 Å². The predicted molar refractivity (Wildman–Crippen MR) is 69.9 cm³/mol. The fraction of sp³-hybridized carbons (Fsp3) is 0.700. The Labute approximate surface area is 99.2 Å². The third kappa shape index (κ3) is 2.78. The third-order valence-corrected chi connectivity index (χ3v) is 4.90. The maximum atomic E-state index is 5.65. The van der Waals surface area contributed by atoms with Crippen LogP contribution in [0.4, 0.5) is 10.8 Å². The normalized spacial score (nSPS) is 21.3. The summed E-state index contributed by atoms with van der Waals surface area (Å²) in [6.45, 7) is 6.86. The average Bonchev–Trinajstić information content (AvgIpc) is 2.49. The number of rotatable bonds is 1. The first-order valence-corrected chi connectivity index (χ1v) is 6.94. The molecule has 0 unspecified atom stereocenters. The molecule has 1 aromatic heterocycles. The zero-order valence-corrected chi connectivity index (χ0v) is 10.8. The lowest BCUT2D eigenvalue weighted by molar-refractivity contribution is 0.639. The molecule has 0 aromatic carbocycles. The number of aromatic nitrogens is 1. The van der Waals surface area contributed by atoms with E-state index in [1.54, 1.807) is 0 Å². The van der Waals surface area contributed by atoms with Crippen LogP contribution in [0.5, 0.6) is 0 Å². The van der Waals surface area contributed by atoms with Gasteiger partial charge in [-0.2, -0.15) is 16.1 Å². The molecule has 0 radical (unpaired) electrons. The molecule has 0 spiro atoms. The molecular formula is C10H17N3S2. The first-order chi connectivity index (χ1) is 7.07. The van der Waals surface area contributed by atoms with E-state index in [1.165, 1.54) is 28.7 Å². The zero-order valence-electron chi connectivity index (χ0n) is 9.19. The summed E-state index contributed by atoms with van der Waals surface area (Å²) in [6, 6.07) is 1.98. The molecule has 2 N–H and O–H groups in total. The first kappa shape index (κ1) is 11.1. The highest BCUT2D eigenvalue weighted by Crippen LogP contribution is 2.33. The van der Waals surface area contributed by atoms with E-state index in [9.17, 15) is 0 Å². The molecule has 15 heavy (non-hydrogen) atoms. The minimum absolute atomic E-state index is 0.408. The van der Waals surface area contributed by atoms with Crippen LogP contribution in [0.15, 0.2) is 6.07 Å². The van der Waals surface area contributed by atoms with Crippen molar-refractivity contribution in [3.8, 4) is 0 Å². The molecule has 84 valence electrons. The quantitative estimate of drug-likeness (QED) is 0.822. The minimum Gasteiger partial charge on any atom is -0.383 e. The van der Waals surface area contributed by atoms with Gasteiger partial charge in [-0.3, -0.25) is 0 Å². The van der Waals surface area contributed by atoms with Crippen LogP contribution in [-0.2, 0) is 0 Å². The largest absolute Gasteiger partial charge is 0.383 e. The van der Waals surface area contributed by atoms with Crippen LogP contribution in [0.1, 0.15) is 20.3 Å². The van der Waals surface area contributed by atoms with Crippen molar-refractivity contribution in [2.75, 3.05) is 29.5 Å². The SMILES string of the molecule is CC1(C)CCN(c2cc(N)ns2)CCS1. The Morgan fingerprint density at radius 3 is 2.93 bits per heavy atom. The Bertz CT molecular complexity index is 335. The highest BCUT2D eigenvalue weighted by atomic mass is 32.2. The molecule has 2 rings (SSSR count). The van der Waals surface area contributed by atoms with E-state index < -0.39 is 0 Å². The van der Waals surface area contributed by atoms with Gasteiger partial charge in [0.05, 0.1) is 0 Å². The van der Waals surface area contributed by atoms with Crippen molar-refractivity contribution >= 4 is 34.1 Å². The van der Waals surface area contributed by atoms with Gasteiger partial charge in [0.25, 0.3) is 0 Å². The van der Waals surface area contributed by atoms with Gasteiger partial charge in [0.2, 0.25) is 0 Å². The molecule has 0 amide bonds. The van der Waals surface area contributed by atoms with Crippen molar-refractivity contribution in [3.63, 3.8) is 0 Å². The fourth-order valence-electron chi connectivity index (χ4n) is 1.67. The van der Waals surface area contributed by atoms with Gasteiger partial charge in [0.15, 0.2) is 0 Å². The molecule has 1 aromatic rings. The maximum absolute atomic E-state index is 5.65. The number of anilines is 2. The lowest BCUT2D eigenvalue weighted by Gasteiger charge is -2.22. The van der Waals surface area contributed by atoms with Crippen LogP contribution in [0.2, 0.25) is 0 Å². The Morgan fingerprint density at radius 2 is 2.27 bits per heavy atom. The van der Waals surface area contributed by atoms with Crippen molar-refractivity contribution in [2.24, 2.45) is 0 Å². The Balaban J connectivity index is 2.05. The van der Waals surface area contributed by atoms with Crippen LogP contribution in [0, 0.1) is 0 Å². The van der Waals surface area contributed by atoms with E-state index in [2.05, 4.69) is 34.9 Å². The van der Waals surface area contributed by atoms with Gasteiger partial charge >= 0.3 is 0 Å². The fourth-order valence-corrected chi connectivity index (χ4v) is 3.49. The molecule has 0 bridgehead atoms. The number of nitrogens with two attached hydrogens (primary N) is 1. The summed E-state index contributed by atoms with van der Waals surface area (Å²) in [5.74, 6) is 1.83. The summed E-state index contributed by atoms with van der Waals surface area (Å²) in [7, 11) is 0. The van der Waals surface area contributed by atoms with E-state index >= 15 is 0 Å². The van der Waals surface area contributed by atoms with Gasteiger partial charge in [0.1, 0.15) is 10.8 Å². The highest BCUT2D eigenvalue weighted by Gasteiger charge is 2.24. The third-order valence-electron chi connectivity index (χ3n) is 2.67. The van der Waals surface area contributed by atoms with Crippen LogP contribution in [-0.4, -0.2) is 28.0 Å². The van der Waals surface area contributed by atoms with Gasteiger partial charge in [-0.05, 0) is 18.0 Å². The molecule has 1 aliphatic rings. The lowest BCUT2D eigenvalue weighted by Crippen LogP contribution is -2.26. The summed E-state index contributed by atoms with van der Waals surface area (Å²) in [6.07, 6.45) is 1.22. The molecule has 2 heterocycles. The molecule has 1 aliphatic heterocycles. The van der Waals surface area contributed by atoms with Crippen molar-refractivity contribution < 1.29 is 0 Å². The molecule has 0 aliphatic carbocycles. The summed E-state index contributed by atoms with van der Waals surface area (Å²) in [5.41, 5.74) is 5.65. The second kappa shape index (κ2) is 4.22. The number of thioether (sulfide) groups is 1. The molecule has 3 nitrogen and oxygen atoms in total. The standard InChI is InChI=1S/C10H17N3S2/c1-10(2)3-4-13(5-6-14-10)9-7-8(11)12-15-9/h7H,3-6H2,1-2H3,(H2,11,12). The van der Waals surface area contributed by atoms with Crippen LogP contribution >= 0.6 is 23.3 Å². The van der Waals surface area contributed by atoms with Gasteiger partial charge < -0.3 is 10.6 Å². The summed E-state index contributed by atoms with van der Waals surface area (Å²) in [4.78, 5) is 2.40. The van der Waals surface area contributed by atoms with Crippen molar-refractivity contribution in [3.05, 3.63) is 6.07 Å². The molecule has 1 fully saturated rings. The van der Waals surface area contributed by atoms with Crippen LogP contribution in [0.3, 0.4) is 0 Å². The molecular weight excluding hydrogens is 226 g/mol. The van der Waals surface area contributed by atoms with E-state index in [1.807, 2.05) is 6.07 Å². The monoisotopic (exact) mass is 243 g/mol. The van der Waals surface area contributed by atoms with Crippen molar-refractivity contribution in [2.45, 2.75) is 25.0 Å². The second-order valence-electron chi connectivity index (χ2n) is 4.44. The number of hydrogen-bond acceptors (Lipinski definition) is 5. The number of nitrogens with zero attached hydrogens (tertiary/aromatic N) is 2. The second-order valence-corrected chi connectivity index (χ2v) is 7.02. The Morgan fingerprint density at radius 1 is 1.47 bits per heavy atom. The smallest absolute Gasteiger partial charge is 0.139 e. The number of nitrogen functional groups attached to an aromatic ring is 1. The van der Waals surface area contributed by atoms with Crippen molar-refractivity contribution in [1.82, 2.24) is 4.37 Å². The predicted octanol–water partition coefficient (Wildman–Crippen LogP) is 2.45.